The number of fused-ring (bicyclic) bond motifs is 1. The van der Waals surface area contributed by atoms with E-state index in [1.165, 1.54) is 11.0 Å². The number of aliphatic carboxylic acids is 1. The third-order valence-corrected chi connectivity index (χ3v) is 3.85. The van der Waals surface area contributed by atoms with Crippen LogP contribution in [0, 0.1) is 0 Å². The monoisotopic (exact) mass is 327 g/mol. The Morgan fingerprint density at radius 3 is 2.95 bits per heavy atom. The summed E-state index contributed by atoms with van der Waals surface area (Å²) >= 11 is 6.08. The largest absolute Gasteiger partial charge is 0.481 e. The van der Waals surface area contributed by atoms with Crippen LogP contribution in [0.5, 0.6) is 11.5 Å². The smallest absolute Gasteiger partial charge is 0.305 e. The Bertz CT molecular complexity index is 620. The van der Waals surface area contributed by atoms with Gasteiger partial charge in [-0.15, -0.1) is 0 Å². The predicted molar refractivity (Wildman–Crippen MR) is 75.5 cm³/mol. The highest BCUT2D eigenvalue weighted by Crippen LogP contribution is 2.40. The van der Waals surface area contributed by atoms with E-state index in [0.29, 0.717) is 35.2 Å². The van der Waals surface area contributed by atoms with Gasteiger partial charge in [-0.05, 0) is 12.1 Å². The summed E-state index contributed by atoms with van der Waals surface area (Å²) in [5.41, 5.74) is 0.339. The van der Waals surface area contributed by atoms with Crippen molar-refractivity contribution in [3.63, 3.8) is 0 Å². The number of hydrogen-bond donors (Lipinski definition) is 1. The first kappa shape index (κ1) is 14.9. The maximum absolute atomic E-state index is 12.7. The molecule has 0 radical (unpaired) electrons. The molecule has 1 aromatic carbocycles. The molecular formula is C14H14ClNO6. The highest BCUT2D eigenvalue weighted by molar-refractivity contribution is 6.32. The molecule has 1 aromatic rings. The lowest BCUT2D eigenvalue weighted by molar-refractivity contribution is -0.139. The van der Waals surface area contributed by atoms with Crippen molar-refractivity contribution in [2.45, 2.75) is 12.5 Å². The van der Waals surface area contributed by atoms with Gasteiger partial charge < -0.3 is 24.2 Å². The van der Waals surface area contributed by atoms with Gasteiger partial charge in [0.1, 0.15) is 0 Å². The second-order valence-corrected chi connectivity index (χ2v) is 5.42. The number of hydrogen-bond acceptors (Lipinski definition) is 5. The molecular weight excluding hydrogens is 314 g/mol. The van der Waals surface area contributed by atoms with Crippen molar-refractivity contribution in [3.8, 4) is 11.5 Å². The molecule has 1 unspecified atom stereocenters. The zero-order valence-electron chi connectivity index (χ0n) is 11.6. The average molecular weight is 328 g/mol. The molecule has 22 heavy (non-hydrogen) atoms. The number of rotatable bonds is 3. The average Bonchev–Trinajstić information content (AvgIpc) is 2.95. The normalized spacial score (nSPS) is 20.0. The lowest BCUT2D eigenvalue weighted by atomic mass is 10.1. The van der Waals surface area contributed by atoms with Gasteiger partial charge in [0.15, 0.2) is 11.5 Å². The number of halogens is 1. The minimum absolute atomic E-state index is 0.0614. The number of ether oxygens (including phenoxy) is 3. The summed E-state index contributed by atoms with van der Waals surface area (Å²) in [6.07, 6.45) is -0.163. The molecule has 0 bridgehead atoms. The highest BCUT2D eigenvalue weighted by atomic mass is 35.5. The van der Waals surface area contributed by atoms with Crippen LogP contribution in [-0.2, 0) is 9.53 Å². The van der Waals surface area contributed by atoms with E-state index in [1.807, 2.05) is 0 Å². The third-order valence-electron chi connectivity index (χ3n) is 3.57. The molecule has 0 aromatic heterocycles. The number of amides is 1. The van der Waals surface area contributed by atoms with E-state index in [4.69, 9.17) is 30.9 Å². The number of benzene rings is 1. The Hall–Kier alpha value is -1.99. The van der Waals surface area contributed by atoms with Crippen molar-refractivity contribution in [2.24, 2.45) is 0 Å². The number of carboxylic acids is 1. The first-order valence-corrected chi connectivity index (χ1v) is 7.13. The van der Waals surface area contributed by atoms with Crippen LogP contribution in [0.2, 0.25) is 5.02 Å². The standard InChI is InChI=1S/C14H14ClNO6/c15-10-3-8(4-11-13(10)22-7-21-11)14(19)16-1-2-20-6-9(16)5-12(17)18/h3-4,9H,1-2,5-7H2,(H,17,18). The fourth-order valence-corrected chi connectivity index (χ4v) is 2.81. The van der Waals surface area contributed by atoms with Crippen LogP contribution in [-0.4, -0.2) is 54.5 Å². The van der Waals surface area contributed by atoms with Crippen LogP contribution >= 0.6 is 11.6 Å². The molecule has 2 aliphatic heterocycles. The van der Waals surface area contributed by atoms with E-state index in [-0.39, 0.29) is 25.7 Å². The summed E-state index contributed by atoms with van der Waals surface area (Å²) in [6, 6.07) is 2.57. The zero-order valence-corrected chi connectivity index (χ0v) is 12.3. The molecule has 7 nitrogen and oxygen atoms in total. The number of nitrogens with zero attached hydrogens (tertiary/aromatic N) is 1. The van der Waals surface area contributed by atoms with Crippen molar-refractivity contribution in [1.82, 2.24) is 4.90 Å². The number of carboxylic acid groups (broad SMARTS) is 1. The molecule has 1 N–H and O–H groups in total. The summed E-state index contributed by atoms with van der Waals surface area (Å²) in [5, 5.41) is 9.25. The van der Waals surface area contributed by atoms with E-state index in [9.17, 15) is 9.59 Å². The van der Waals surface area contributed by atoms with Crippen LogP contribution < -0.4 is 9.47 Å². The second-order valence-electron chi connectivity index (χ2n) is 5.02. The van der Waals surface area contributed by atoms with Gasteiger partial charge in [-0.3, -0.25) is 9.59 Å². The molecule has 2 heterocycles. The Morgan fingerprint density at radius 1 is 1.36 bits per heavy atom. The second kappa shape index (κ2) is 6.02. The fourth-order valence-electron chi connectivity index (χ4n) is 2.55. The quantitative estimate of drug-likeness (QED) is 0.903. The number of carbonyl (C=O) groups excluding carboxylic acids is 1. The molecule has 0 saturated carbocycles. The molecule has 0 aliphatic carbocycles. The summed E-state index contributed by atoms with van der Waals surface area (Å²) in [6.45, 7) is 0.977. The molecule has 1 atom stereocenters. The van der Waals surface area contributed by atoms with Crippen LogP contribution in [0.3, 0.4) is 0 Å². The van der Waals surface area contributed by atoms with Crippen molar-refractivity contribution in [3.05, 3.63) is 22.7 Å². The van der Waals surface area contributed by atoms with Gasteiger partial charge in [0.25, 0.3) is 5.91 Å². The summed E-state index contributed by atoms with van der Waals surface area (Å²) < 4.78 is 15.7. The lowest BCUT2D eigenvalue weighted by Gasteiger charge is -2.35. The van der Waals surface area contributed by atoms with Gasteiger partial charge in [0, 0.05) is 12.1 Å². The maximum Gasteiger partial charge on any atom is 0.305 e. The molecule has 8 heteroatoms. The van der Waals surface area contributed by atoms with Crippen LogP contribution in [0.1, 0.15) is 16.8 Å². The van der Waals surface area contributed by atoms with E-state index in [0.717, 1.165) is 0 Å². The Balaban J connectivity index is 1.86. The molecule has 2 aliphatic rings. The topological polar surface area (TPSA) is 85.3 Å². The lowest BCUT2D eigenvalue weighted by Crippen LogP contribution is -2.49. The van der Waals surface area contributed by atoms with Gasteiger partial charge in [-0.25, -0.2) is 0 Å². The van der Waals surface area contributed by atoms with Crippen molar-refractivity contribution < 1.29 is 28.9 Å². The van der Waals surface area contributed by atoms with E-state index in [1.54, 1.807) is 6.07 Å². The molecule has 118 valence electrons. The van der Waals surface area contributed by atoms with Crippen molar-refractivity contribution >= 4 is 23.5 Å². The maximum atomic E-state index is 12.7. The van der Waals surface area contributed by atoms with Gasteiger partial charge in [0.2, 0.25) is 6.79 Å². The van der Waals surface area contributed by atoms with Gasteiger partial charge >= 0.3 is 5.97 Å². The van der Waals surface area contributed by atoms with E-state index in [2.05, 4.69) is 0 Å². The van der Waals surface area contributed by atoms with E-state index >= 15 is 0 Å². The SMILES string of the molecule is O=C(O)CC1COCCN1C(=O)c1cc(Cl)c2c(c1)OCO2. The number of carbonyl (C=O) groups is 2. The Labute approximate surface area is 131 Å². The predicted octanol–water partition coefficient (Wildman–Crippen LogP) is 1.38. The van der Waals surface area contributed by atoms with E-state index < -0.39 is 12.0 Å². The molecule has 1 amide bonds. The zero-order chi connectivity index (χ0) is 15.7. The Morgan fingerprint density at radius 2 is 2.18 bits per heavy atom. The van der Waals surface area contributed by atoms with Crippen LogP contribution in [0.15, 0.2) is 12.1 Å². The van der Waals surface area contributed by atoms with Crippen LogP contribution in [0.25, 0.3) is 0 Å². The summed E-state index contributed by atoms with van der Waals surface area (Å²) in [4.78, 5) is 25.1. The highest BCUT2D eigenvalue weighted by Gasteiger charge is 2.31. The minimum Gasteiger partial charge on any atom is -0.481 e. The molecule has 1 fully saturated rings. The van der Waals surface area contributed by atoms with Gasteiger partial charge in [-0.1, -0.05) is 11.6 Å². The van der Waals surface area contributed by atoms with Gasteiger partial charge in [-0.2, -0.15) is 0 Å². The summed E-state index contributed by atoms with van der Waals surface area (Å²) in [7, 11) is 0. The minimum atomic E-state index is -0.975. The first-order chi connectivity index (χ1) is 10.6. The van der Waals surface area contributed by atoms with Crippen LogP contribution in [0.4, 0.5) is 0 Å². The van der Waals surface area contributed by atoms with Crippen molar-refractivity contribution in [2.75, 3.05) is 26.6 Å². The fraction of sp³-hybridized carbons (Fsp3) is 0.429. The number of morpholine rings is 1. The summed E-state index contributed by atoms with van der Waals surface area (Å²) in [5.74, 6) is -0.437. The first-order valence-electron chi connectivity index (χ1n) is 6.76. The van der Waals surface area contributed by atoms with Crippen molar-refractivity contribution in [1.29, 1.82) is 0 Å². The van der Waals surface area contributed by atoms with Gasteiger partial charge in [0.05, 0.1) is 30.7 Å². The molecule has 1 saturated heterocycles. The Kier molecular flexibility index (Phi) is 4.08. The molecule has 0 spiro atoms. The third kappa shape index (κ3) is 2.82. The molecule has 3 rings (SSSR count).